The van der Waals surface area contributed by atoms with Crippen molar-refractivity contribution in [2.24, 2.45) is 12.8 Å². The lowest BCUT2D eigenvalue weighted by molar-refractivity contribution is 0.403. The van der Waals surface area contributed by atoms with Crippen LogP contribution in [0.1, 0.15) is 23.4 Å². The third kappa shape index (κ3) is 6.68. The van der Waals surface area contributed by atoms with Crippen molar-refractivity contribution >= 4 is 68.3 Å². The first-order valence-electron chi connectivity index (χ1n) is 13.0. The molecule has 2 heterocycles. The minimum atomic E-state index is -3.92. The first-order chi connectivity index (χ1) is 19.1. The van der Waals surface area contributed by atoms with E-state index < -0.39 is 10.0 Å². The number of nitrogens with zero attached hydrogens (tertiary/aromatic N) is 5. The van der Waals surface area contributed by atoms with Crippen molar-refractivity contribution < 1.29 is 8.42 Å². The highest BCUT2D eigenvalue weighted by Crippen LogP contribution is 2.31. The Morgan fingerprint density at radius 3 is 2.38 bits per heavy atom. The molecule has 3 aromatic carbocycles. The van der Waals surface area contributed by atoms with Gasteiger partial charge in [-0.2, -0.15) is 0 Å². The Kier molecular flexibility index (Phi) is 10.6. The quantitative estimate of drug-likeness (QED) is 0.166. The Morgan fingerprint density at radius 1 is 0.976 bits per heavy atom. The number of pyridine rings is 1. The third-order valence-corrected chi connectivity index (χ3v) is 8.86. The zero-order valence-electron chi connectivity index (χ0n) is 23.7. The lowest BCUT2D eigenvalue weighted by atomic mass is 10.1. The molecule has 0 aliphatic heterocycles. The molecule has 2 aromatic heterocycles. The molecule has 5 aromatic rings. The average molecular weight is 629 g/mol. The van der Waals surface area contributed by atoms with Gasteiger partial charge >= 0.3 is 0 Å². The number of hydrogen-bond donors (Lipinski definition) is 2. The van der Waals surface area contributed by atoms with E-state index in [1.165, 1.54) is 4.31 Å². The average Bonchev–Trinajstić information content (AvgIpc) is 3.24. The Balaban J connectivity index is 0.00000242. The summed E-state index contributed by atoms with van der Waals surface area (Å²) >= 11 is 0. The topological polar surface area (TPSA) is 121 Å². The van der Waals surface area contributed by atoms with Crippen molar-refractivity contribution in [3.8, 4) is 0 Å². The summed E-state index contributed by atoms with van der Waals surface area (Å²) in [4.78, 5) is 11.5. The predicted octanol–water partition coefficient (Wildman–Crippen LogP) is 4.99. The van der Waals surface area contributed by atoms with Gasteiger partial charge in [-0.1, -0.05) is 42.5 Å². The monoisotopic (exact) mass is 627 g/mol. The fourth-order valence-electron chi connectivity index (χ4n) is 4.86. The lowest BCUT2D eigenvalue weighted by Gasteiger charge is -2.25. The van der Waals surface area contributed by atoms with Crippen molar-refractivity contribution in [1.82, 2.24) is 19.4 Å². The van der Waals surface area contributed by atoms with E-state index in [0.29, 0.717) is 36.2 Å². The number of nitrogens with one attached hydrogen (secondary N) is 1. The highest BCUT2D eigenvalue weighted by Gasteiger charge is 2.28. The minimum Gasteiger partial charge on any atom is -0.384 e. The molecule has 222 valence electrons. The number of nitrogen functional groups attached to an aromatic ring is 1. The van der Waals surface area contributed by atoms with Gasteiger partial charge in [0.15, 0.2) is 0 Å². The van der Waals surface area contributed by atoms with E-state index in [-0.39, 0.29) is 35.5 Å². The number of imidazole rings is 1. The molecular formula is C30H35Cl2N7O2S. The molecule has 5 rings (SSSR count). The summed E-state index contributed by atoms with van der Waals surface area (Å²) in [6, 6.07) is 22.1. The maximum Gasteiger partial charge on any atom is 0.266 e. The summed E-state index contributed by atoms with van der Waals surface area (Å²) in [5, 5.41) is 8.38. The van der Waals surface area contributed by atoms with Gasteiger partial charge in [-0.05, 0) is 63.0 Å². The van der Waals surface area contributed by atoms with Crippen LogP contribution in [0.3, 0.4) is 0 Å². The van der Waals surface area contributed by atoms with Gasteiger partial charge in [0.05, 0.1) is 22.2 Å². The molecule has 9 nitrogen and oxygen atoms in total. The maximum atomic E-state index is 14.2. The van der Waals surface area contributed by atoms with Crippen LogP contribution in [0, 0.1) is 5.41 Å². The molecule has 0 atom stereocenters. The van der Waals surface area contributed by atoms with Crippen LogP contribution < -0.4 is 10.0 Å². The molecule has 0 unspecified atom stereocenters. The predicted molar refractivity (Wildman–Crippen MR) is 175 cm³/mol. The van der Waals surface area contributed by atoms with Crippen LogP contribution in [0.2, 0.25) is 0 Å². The van der Waals surface area contributed by atoms with Crippen molar-refractivity contribution in [2.45, 2.75) is 17.7 Å². The van der Waals surface area contributed by atoms with Crippen LogP contribution in [-0.4, -0.2) is 60.9 Å². The minimum absolute atomic E-state index is 0. The molecule has 3 N–H and O–H groups in total. The summed E-state index contributed by atoms with van der Waals surface area (Å²) < 4.78 is 31.8. The molecule has 0 fully saturated rings. The summed E-state index contributed by atoms with van der Waals surface area (Å²) in [5.41, 5.74) is 9.96. The molecule has 12 heteroatoms. The molecule has 0 amide bonds. The number of para-hydroxylation sites is 1. The molecule has 42 heavy (non-hydrogen) atoms. The standard InChI is InChI=1S/C30H33N7O2S.2ClH/c1-35(2)17-6-18-37(40(38,39)27-9-4-7-22-8-5-16-33-29(22)27)24-14-15-26-25(20-24)34-28(36(26)3)19-21-10-12-23(13-11-21)30(31)32;;/h4-5,7-16,20H,6,17-19H2,1-3H3,(H3,31,32);2*1H. The first kappa shape index (κ1) is 32.8. The summed E-state index contributed by atoms with van der Waals surface area (Å²) in [7, 11) is 1.99. The number of aromatic nitrogens is 3. The number of hydrogen-bond acceptors (Lipinski definition) is 6. The van der Waals surface area contributed by atoms with E-state index in [2.05, 4.69) is 4.98 Å². The number of nitrogens with two attached hydrogens (primary N) is 1. The van der Waals surface area contributed by atoms with Gasteiger partial charge in [-0.15, -0.1) is 24.8 Å². The molecule has 0 bridgehead atoms. The molecule has 0 spiro atoms. The van der Waals surface area contributed by atoms with Crippen LogP contribution in [0.4, 0.5) is 5.69 Å². The first-order valence-corrected chi connectivity index (χ1v) is 14.5. The van der Waals surface area contributed by atoms with Crippen molar-refractivity contribution in [1.29, 1.82) is 5.41 Å². The summed E-state index contributed by atoms with van der Waals surface area (Å²) in [6.07, 6.45) is 2.87. The summed E-state index contributed by atoms with van der Waals surface area (Å²) in [5.74, 6) is 0.883. The Labute approximate surface area is 258 Å². The SMILES string of the molecule is CN(C)CCCN(c1ccc2c(c1)nc(Cc1ccc(C(=N)N)cc1)n2C)S(=O)(=O)c1cccc2cccnc12.Cl.Cl. The maximum absolute atomic E-state index is 14.2. The van der Waals surface area contributed by atoms with Gasteiger partial charge < -0.3 is 15.2 Å². The number of aryl methyl sites for hydroxylation is 1. The van der Waals surface area contributed by atoms with Gasteiger partial charge in [0.2, 0.25) is 0 Å². The number of rotatable bonds is 10. The van der Waals surface area contributed by atoms with Crippen LogP contribution in [0.15, 0.2) is 83.9 Å². The van der Waals surface area contributed by atoms with E-state index in [9.17, 15) is 8.42 Å². The zero-order valence-corrected chi connectivity index (χ0v) is 26.1. The molecule has 0 saturated carbocycles. The molecule has 0 saturated heterocycles. The van der Waals surface area contributed by atoms with E-state index in [1.54, 1.807) is 24.4 Å². The van der Waals surface area contributed by atoms with E-state index in [1.807, 2.05) is 85.2 Å². The Morgan fingerprint density at radius 2 is 1.69 bits per heavy atom. The number of halogens is 2. The fraction of sp³-hybridized carbons (Fsp3) is 0.233. The number of amidine groups is 1. The lowest BCUT2D eigenvalue weighted by Crippen LogP contribution is -2.33. The van der Waals surface area contributed by atoms with E-state index in [4.69, 9.17) is 16.1 Å². The largest absolute Gasteiger partial charge is 0.384 e. The van der Waals surface area contributed by atoms with Crippen LogP contribution in [-0.2, 0) is 23.5 Å². The van der Waals surface area contributed by atoms with Crippen molar-refractivity contribution in [2.75, 3.05) is 31.5 Å². The number of sulfonamides is 1. The highest BCUT2D eigenvalue weighted by molar-refractivity contribution is 7.93. The molecular weight excluding hydrogens is 593 g/mol. The normalized spacial score (nSPS) is 11.3. The Bertz CT molecular complexity index is 1800. The second kappa shape index (κ2) is 13.5. The summed E-state index contributed by atoms with van der Waals surface area (Å²) in [6.45, 7) is 1.07. The van der Waals surface area contributed by atoms with Gasteiger partial charge in [-0.25, -0.2) is 13.4 Å². The highest BCUT2D eigenvalue weighted by atomic mass is 35.5. The van der Waals surface area contributed by atoms with Crippen LogP contribution in [0.25, 0.3) is 21.9 Å². The van der Waals surface area contributed by atoms with Gasteiger partial charge in [0.1, 0.15) is 16.6 Å². The fourth-order valence-corrected chi connectivity index (χ4v) is 6.52. The second-order valence-corrected chi connectivity index (χ2v) is 11.9. The molecule has 0 radical (unpaired) electrons. The van der Waals surface area contributed by atoms with Gasteiger partial charge in [-0.3, -0.25) is 14.7 Å². The second-order valence-electron chi connectivity index (χ2n) is 10.1. The van der Waals surface area contributed by atoms with Crippen molar-refractivity contribution in [3.63, 3.8) is 0 Å². The van der Waals surface area contributed by atoms with E-state index in [0.717, 1.165) is 34.4 Å². The zero-order chi connectivity index (χ0) is 28.4. The Hall–Kier alpha value is -3.70. The van der Waals surface area contributed by atoms with Gasteiger partial charge in [0, 0.05) is 37.2 Å². The van der Waals surface area contributed by atoms with E-state index >= 15 is 0 Å². The van der Waals surface area contributed by atoms with Crippen LogP contribution >= 0.6 is 24.8 Å². The number of fused-ring (bicyclic) bond motifs is 2. The van der Waals surface area contributed by atoms with Crippen molar-refractivity contribution in [3.05, 3.63) is 95.9 Å². The third-order valence-electron chi connectivity index (χ3n) is 7.00. The van der Waals surface area contributed by atoms with Crippen LogP contribution in [0.5, 0.6) is 0 Å². The number of anilines is 1. The van der Waals surface area contributed by atoms with Gasteiger partial charge in [0.25, 0.3) is 10.0 Å². The molecule has 0 aliphatic rings. The number of benzene rings is 3. The molecule has 0 aliphatic carbocycles. The smallest absolute Gasteiger partial charge is 0.266 e.